The van der Waals surface area contributed by atoms with Crippen molar-refractivity contribution < 1.29 is 19.3 Å². The maximum Gasteiger partial charge on any atom is 0.270 e. The number of nitro benzene ring substituents is 1. The zero-order valence-corrected chi connectivity index (χ0v) is 15.6. The summed E-state index contributed by atoms with van der Waals surface area (Å²) in [4.78, 5) is 14.6. The second kappa shape index (κ2) is 7.72. The van der Waals surface area contributed by atoms with Gasteiger partial charge in [0, 0.05) is 28.4 Å². The average Bonchev–Trinajstić information content (AvgIpc) is 2.68. The van der Waals surface area contributed by atoms with Crippen molar-refractivity contribution in [1.82, 2.24) is 0 Å². The van der Waals surface area contributed by atoms with Crippen molar-refractivity contribution in [3.05, 3.63) is 62.7 Å². The summed E-state index contributed by atoms with van der Waals surface area (Å²) in [6, 6.07) is 11.1. The van der Waals surface area contributed by atoms with Crippen molar-refractivity contribution in [2.45, 2.75) is 13.2 Å². The first kappa shape index (κ1) is 18.0. The van der Waals surface area contributed by atoms with Crippen molar-refractivity contribution in [2.75, 3.05) is 37.9 Å². The molecular weight excluding hydrogens is 370 g/mol. The van der Waals surface area contributed by atoms with E-state index in [0.29, 0.717) is 13.2 Å². The number of halogens is 1. The van der Waals surface area contributed by atoms with Gasteiger partial charge in [0.05, 0.1) is 43.3 Å². The van der Waals surface area contributed by atoms with E-state index in [4.69, 9.17) is 21.1 Å². The number of nitrogens with one attached hydrogen (secondary N) is 1. The van der Waals surface area contributed by atoms with Gasteiger partial charge in [0.15, 0.2) is 6.79 Å². The lowest BCUT2D eigenvalue weighted by atomic mass is 10.1. The Balaban J connectivity index is 1.47. The SMILES string of the molecule is O=[N+]([O-])c1cc2c(c(C[NH+]3CCN(c4cccc(Cl)c4)CC3)c1)OCOC2. The topological polar surface area (TPSA) is 69.3 Å². The summed E-state index contributed by atoms with van der Waals surface area (Å²) in [6.45, 7) is 4.96. The molecular formula is C19H21ClN3O4+. The summed E-state index contributed by atoms with van der Waals surface area (Å²) in [5.74, 6) is 0.747. The van der Waals surface area contributed by atoms with Gasteiger partial charge in [-0.05, 0) is 18.2 Å². The van der Waals surface area contributed by atoms with Gasteiger partial charge in [-0.1, -0.05) is 17.7 Å². The van der Waals surface area contributed by atoms with Crippen LogP contribution in [0.4, 0.5) is 11.4 Å². The van der Waals surface area contributed by atoms with Crippen LogP contribution in [0, 0.1) is 10.1 Å². The molecule has 2 aliphatic heterocycles. The molecule has 0 atom stereocenters. The molecule has 2 aromatic carbocycles. The molecule has 27 heavy (non-hydrogen) atoms. The van der Waals surface area contributed by atoms with Gasteiger partial charge in [-0.25, -0.2) is 0 Å². The van der Waals surface area contributed by atoms with Gasteiger partial charge in [-0.2, -0.15) is 0 Å². The fraction of sp³-hybridized carbons (Fsp3) is 0.368. The minimum Gasteiger partial charge on any atom is -0.467 e. The molecule has 1 saturated heterocycles. The van der Waals surface area contributed by atoms with Crippen molar-refractivity contribution in [1.29, 1.82) is 0 Å². The van der Waals surface area contributed by atoms with Gasteiger partial charge < -0.3 is 19.3 Å². The fourth-order valence-electron chi connectivity index (χ4n) is 3.72. The molecule has 0 amide bonds. The minimum absolute atomic E-state index is 0.0924. The van der Waals surface area contributed by atoms with E-state index in [9.17, 15) is 10.1 Å². The molecule has 7 nitrogen and oxygen atoms in total. The van der Waals surface area contributed by atoms with Gasteiger partial charge in [0.1, 0.15) is 12.3 Å². The van der Waals surface area contributed by atoms with Gasteiger partial charge in [-0.3, -0.25) is 10.1 Å². The number of quaternary nitrogens is 1. The molecule has 142 valence electrons. The van der Waals surface area contributed by atoms with Gasteiger partial charge in [0.2, 0.25) is 0 Å². The highest BCUT2D eigenvalue weighted by Crippen LogP contribution is 2.32. The molecule has 0 aliphatic carbocycles. The Morgan fingerprint density at radius 2 is 2.04 bits per heavy atom. The predicted octanol–water partition coefficient (Wildman–Crippen LogP) is 2.02. The van der Waals surface area contributed by atoms with Gasteiger partial charge in [-0.15, -0.1) is 0 Å². The average molecular weight is 391 g/mol. The Hall–Kier alpha value is -2.35. The van der Waals surface area contributed by atoms with Crippen LogP contribution in [0.3, 0.4) is 0 Å². The third kappa shape index (κ3) is 4.00. The lowest BCUT2D eigenvalue weighted by Gasteiger charge is -2.34. The molecule has 4 rings (SSSR count). The molecule has 0 bridgehead atoms. The number of piperazine rings is 1. The lowest BCUT2D eigenvalue weighted by molar-refractivity contribution is -0.914. The highest BCUT2D eigenvalue weighted by atomic mass is 35.5. The molecule has 0 radical (unpaired) electrons. The third-order valence-electron chi connectivity index (χ3n) is 5.07. The number of hydrogen-bond acceptors (Lipinski definition) is 5. The first-order valence-electron chi connectivity index (χ1n) is 8.95. The minimum atomic E-state index is -0.356. The van der Waals surface area contributed by atoms with Crippen LogP contribution in [-0.2, 0) is 17.9 Å². The van der Waals surface area contributed by atoms with Crippen molar-refractivity contribution >= 4 is 23.0 Å². The predicted molar refractivity (Wildman–Crippen MR) is 101 cm³/mol. The monoisotopic (exact) mass is 390 g/mol. The smallest absolute Gasteiger partial charge is 0.270 e. The molecule has 1 N–H and O–H groups in total. The second-order valence-corrected chi connectivity index (χ2v) is 7.29. The Kier molecular flexibility index (Phi) is 5.15. The molecule has 2 heterocycles. The first-order valence-corrected chi connectivity index (χ1v) is 9.33. The van der Waals surface area contributed by atoms with E-state index < -0.39 is 0 Å². The number of non-ortho nitro benzene ring substituents is 1. The van der Waals surface area contributed by atoms with Crippen molar-refractivity contribution in [3.8, 4) is 5.75 Å². The zero-order valence-electron chi connectivity index (χ0n) is 14.8. The third-order valence-corrected chi connectivity index (χ3v) is 5.30. The van der Waals surface area contributed by atoms with E-state index in [-0.39, 0.29) is 17.4 Å². The largest absolute Gasteiger partial charge is 0.467 e. The lowest BCUT2D eigenvalue weighted by Crippen LogP contribution is -3.13. The summed E-state index contributed by atoms with van der Waals surface area (Å²) in [5.41, 5.74) is 2.86. The number of hydrogen-bond donors (Lipinski definition) is 1. The Morgan fingerprint density at radius 1 is 1.22 bits per heavy atom. The van der Waals surface area contributed by atoms with E-state index in [2.05, 4.69) is 11.0 Å². The Morgan fingerprint density at radius 3 is 2.78 bits per heavy atom. The van der Waals surface area contributed by atoms with Crippen LogP contribution in [-0.4, -0.2) is 37.9 Å². The van der Waals surface area contributed by atoms with Crippen LogP contribution in [0.1, 0.15) is 11.1 Å². The zero-order chi connectivity index (χ0) is 18.8. The molecule has 2 aromatic rings. The normalized spacial score (nSPS) is 17.3. The van der Waals surface area contributed by atoms with Crippen LogP contribution in [0.25, 0.3) is 0 Å². The standard InChI is InChI=1S/C19H20ClN3O4/c20-16-2-1-3-17(10-16)22-6-4-21(5-7-22)11-14-8-18(23(24)25)9-15-12-26-13-27-19(14)15/h1-3,8-10H,4-7,11-13H2/p+1. The Bertz CT molecular complexity index is 853. The maximum atomic E-state index is 11.3. The van der Waals surface area contributed by atoms with Crippen molar-refractivity contribution in [2.24, 2.45) is 0 Å². The molecule has 1 fully saturated rings. The van der Waals surface area contributed by atoms with Crippen LogP contribution in [0.2, 0.25) is 5.02 Å². The van der Waals surface area contributed by atoms with E-state index in [1.165, 1.54) is 4.90 Å². The van der Waals surface area contributed by atoms with Gasteiger partial charge >= 0.3 is 0 Å². The fourth-order valence-corrected chi connectivity index (χ4v) is 3.90. The molecule has 8 heteroatoms. The van der Waals surface area contributed by atoms with E-state index in [0.717, 1.165) is 53.8 Å². The molecule has 0 unspecified atom stereocenters. The van der Waals surface area contributed by atoms with Crippen LogP contribution < -0.4 is 14.5 Å². The second-order valence-electron chi connectivity index (χ2n) is 6.85. The Labute approximate surface area is 162 Å². The van der Waals surface area contributed by atoms with E-state index in [1.807, 2.05) is 18.2 Å². The van der Waals surface area contributed by atoms with E-state index >= 15 is 0 Å². The first-order chi connectivity index (χ1) is 13.1. The van der Waals surface area contributed by atoms with E-state index in [1.54, 1.807) is 12.1 Å². The highest BCUT2D eigenvalue weighted by molar-refractivity contribution is 6.30. The number of anilines is 1. The summed E-state index contributed by atoms with van der Waals surface area (Å²) in [6.07, 6.45) is 0. The molecule has 0 spiro atoms. The summed E-state index contributed by atoms with van der Waals surface area (Å²) >= 11 is 6.10. The molecule has 0 aromatic heterocycles. The quantitative estimate of drug-likeness (QED) is 0.639. The maximum absolute atomic E-state index is 11.3. The summed E-state index contributed by atoms with van der Waals surface area (Å²) in [5, 5.41) is 12.0. The summed E-state index contributed by atoms with van der Waals surface area (Å²) < 4.78 is 10.9. The molecule has 2 aliphatic rings. The summed E-state index contributed by atoms with van der Waals surface area (Å²) in [7, 11) is 0. The number of ether oxygens (including phenoxy) is 2. The van der Waals surface area contributed by atoms with Gasteiger partial charge in [0.25, 0.3) is 5.69 Å². The van der Waals surface area contributed by atoms with Crippen LogP contribution >= 0.6 is 11.6 Å². The van der Waals surface area contributed by atoms with Crippen LogP contribution in [0.15, 0.2) is 36.4 Å². The van der Waals surface area contributed by atoms with Crippen molar-refractivity contribution in [3.63, 3.8) is 0 Å². The number of rotatable bonds is 4. The number of benzene rings is 2. The highest BCUT2D eigenvalue weighted by Gasteiger charge is 2.26. The van der Waals surface area contributed by atoms with Crippen LogP contribution in [0.5, 0.6) is 5.75 Å². The molecule has 0 saturated carbocycles. The number of nitrogens with zero attached hydrogens (tertiary/aromatic N) is 2. The number of fused-ring (bicyclic) bond motifs is 1. The number of nitro groups is 1.